The van der Waals surface area contributed by atoms with E-state index in [2.05, 4.69) is 15.5 Å². The monoisotopic (exact) mass is 383 g/mol. The van der Waals surface area contributed by atoms with Crippen LogP contribution in [0.4, 0.5) is 5.69 Å². The van der Waals surface area contributed by atoms with Crippen molar-refractivity contribution in [3.63, 3.8) is 0 Å². The SMILES string of the molecule is Cc1ccc(CC(=O)Nc2cccc(-c3nnc(-c4ccc(C)cc4)o3)c2)cc1. The van der Waals surface area contributed by atoms with Crippen molar-refractivity contribution in [3.8, 4) is 22.9 Å². The molecule has 4 aromatic rings. The summed E-state index contributed by atoms with van der Waals surface area (Å²) in [7, 11) is 0. The lowest BCUT2D eigenvalue weighted by Crippen LogP contribution is -2.14. The Morgan fingerprint density at radius 2 is 1.45 bits per heavy atom. The number of aryl methyl sites for hydroxylation is 2. The van der Waals surface area contributed by atoms with Gasteiger partial charge in [-0.05, 0) is 49.7 Å². The molecule has 1 amide bonds. The Morgan fingerprint density at radius 3 is 2.14 bits per heavy atom. The Bertz CT molecular complexity index is 1130. The average molecular weight is 383 g/mol. The highest BCUT2D eigenvalue weighted by Gasteiger charge is 2.12. The number of nitrogens with one attached hydrogen (secondary N) is 1. The van der Waals surface area contributed by atoms with Crippen molar-refractivity contribution in [1.82, 2.24) is 10.2 Å². The number of hydrogen-bond acceptors (Lipinski definition) is 4. The molecule has 3 aromatic carbocycles. The van der Waals surface area contributed by atoms with Gasteiger partial charge in [-0.25, -0.2) is 0 Å². The summed E-state index contributed by atoms with van der Waals surface area (Å²) in [5, 5.41) is 11.2. The third-order valence-electron chi connectivity index (χ3n) is 4.60. The summed E-state index contributed by atoms with van der Waals surface area (Å²) < 4.78 is 5.83. The summed E-state index contributed by atoms with van der Waals surface area (Å²) in [4.78, 5) is 12.4. The minimum Gasteiger partial charge on any atom is -0.416 e. The van der Waals surface area contributed by atoms with Crippen LogP contribution in [0, 0.1) is 13.8 Å². The van der Waals surface area contributed by atoms with Gasteiger partial charge in [-0.3, -0.25) is 4.79 Å². The Morgan fingerprint density at radius 1 is 0.828 bits per heavy atom. The summed E-state index contributed by atoms with van der Waals surface area (Å²) in [6.07, 6.45) is 0.322. The predicted molar refractivity (Wildman–Crippen MR) is 113 cm³/mol. The highest BCUT2D eigenvalue weighted by atomic mass is 16.4. The number of hydrogen-bond donors (Lipinski definition) is 1. The fourth-order valence-electron chi connectivity index (χ4n) is 2.98. The highest BCUT2D eigenvalue weighted by Crippen LogP contribution is 2.26. The minimum absolute atomic E-state index is 0.0723. The van der Waals surface area contributed by atoms with Crippen LogP contribution in [0.2, 0.25) is 0 Å². The molecule has 0 bridgehead atoms. The van der Waals surface area contributed by atoms with Gasteiger partial charge in [0.05, 0.1) is 6.42 Å². The quantitative estimate of drug-likeness (QED) is 0.514. The molecule has 1 N–H and O–H groups in total. The van der Waals surface area contributed by atoms with Gasteiger partial charge in [0.15, 0.2) is 0 Å². The second kappa shape index (κ2) is 8.10. The zero-order valence-corrected chi connectivity index (χ0v) is 16.3. The first-order chi connectivity index (χ1) is 14.1. The number of rotatable bonds is 5. The molecule has 0 saturated carbocycles. The molecule has 144 valence electrons. The van der Waals surface area contributed by atoms with E-state index in [1.165, 1.54) is 11.1 Å². The fourth-order valence-corrected chi connectivity index (χ4v) is 2.98. The van der Waals surface area contributed by atoms with E-state index in [4.69, 9.17) is 4.42 Å². The van der Waals surface area contributed by atoms with E-state index in [-0.39, 0.29) is 5.91 Å². The van der Waals surface area contributed by atoms with Gasteiger partial charge >= 0.3 is 0 Å². The van der Waals surface area contributed by atoms with E-state index in [0.29, 0.717) is 23.9 Å². The number of aromatic nitrogens is 2. The van der Waals surface area contributed by atoms with Crippen LogP contribution in [-0.2, 0) is 11.2 Å². The molecule has 0 radical (unpaired) electrons. The zero-order chi connectivity index (χ0) is 20.2. The van der Waals surface area contributed by atoms with Crippen LogP contribution in [0.5, 0.6) is 0 Å². The van der Waals surface area contributed by atoms with Gasteiger partial charge < -0.3 is 9.73 Å². The Balaban J connectivity index is 1.48. The maximum Gasteiger partial charge on any atom is 0.248 e. The van der Waals surface area contributed by atoms with Gasteiger partial charge in [0.25, 0.3) is 0 Å². The molecule has 4 rings (SSSR count). The third-order valence-corrected chi connectivity index (χ3v) is 4.60. The summed E-state index contributed by atoms with van der Waals surface area (Å²) in [5.41, 5.74) is 5.63. The molecule has 29 heavy (non-hydrogen) atoms. The van der Waals surface area contributed by atoms with Crippen LogP contribution < -0.4 is 5.32 Å². The molecule has 5 nitrogen and oxygen atoms in total. The number of carbonyl (C=O) groups excluding carboxylic acids is 1. The molecular formula is C24H21N3O2. The Labute approximate surface area is 169 Å². The van der Waals surface area contributed by atoms with E-state index in [9.17, 15) is 4.79 Å². The van der Waals surface area contributed by atoms with Gasteiger partial charge in [-0.15, -0.1) is 10.2 Å². The molecule has 1 heterocycles. The number of amides is 1. The first-order valence-corrected chi connectivity index (χ1v) is 9.43. The lowest BCUT2D eigenvalue weighted by molar-refractivity contribution is -0.115. The lowest BCUT2D eigenvalue weighted by Gasteiger charge is -2.06. The largest absolute Gasteiger partial charge is 0.416 e. The van der Waals surface area contributed by atoms with Crippen molar-refractivity contribution in [2.45, 2.75) is 20.3 Å². The van der Waals surface area contributed by atoms with Crippen molar-refractivity contribution in [2.75, 3.05) is 5.32 Å². The molecule has 0 fully saturated rings. The molecule has 0 atom stereocenters. The molecule has 0 spiro atoms. The topological polar surface area (TPSA) is 68.0 Å². The molecule has 0 aliphatic heterocycles. The van der Waals surface area contributed by atoms with E-state index in [1.807, 2.05) is 86.6 Å². The zero-order valence-electron chi connectivity index (χ0n) is 16.3. The lowest BCUT2D eigenvalue weighted by atomic mass is 10.1. The second-order valence-electron chi connectivity index (χ2n) is 7.07. The summed E-state index contributed by atoms with van der Waals surface area (Å²) >= 11 is 0. The molecule has 0 aliphatic carbocycles. The smallest absolute Gasteiger partial charge is 0.248 e. The van der Waals surface area contributed by atoms with Gasteiger partial charge in [0, 0.05) is 16.8 Å². The fraction of sp³-hybridized carbons (Fsp3) is 0.125. The van der Waals surface area contributed by atoms with Crippen molar-refractivity contribution in [1.29, 1.82) is 0 Å². The van der Waals surface area contributed by atoms with Crippen LogP contribution in [0.25, 0.3) is 22.9 Å². The molecule has 5 heteroatoms. The molecule has 0 unspecified atom stereocenters. The summed E-state index contributed by atoms with van der Waals surface area (Å²) in [6, 6.07) is 23.3. The summed E-state index contributed by atoms with van der Waals surface area (Å²) in [5.74, 6) is 0.806. The van der Waals surface area contributed by atoms with Crippen LogP contribution in [-0.4, -0.2) is 16.1 Å². The minimum atomic E-state index is -0.0723. The third kappa shape index (κ3) is 4.58. The van der Waals surface area contributed by atoms with Crippen molar-refractivity contribution in [3.05, 3.63) is 89.5 Å². The van der Waals surface area contributed by atoms with Gasteiger partial charge in [0.1, 0.15) is 0 Å². The van der Waals surface area contributed by atoms with E-state index < -0.39 is 0 Å². The number of nitrogens with zero attached hydrogens (tertiary/aromatic N) is 2. The molecule has 0 saturated heterocycles. The maximum atomic E-state index is 12.4. The standard InChI is InChI=1S/C24H21N3O2/c1-16-6-10-18(11-7-16)14-22(28)25-21-5-3-4-20(15-21)24-27-26-23(29-24)19-12-8-17(2)9-13-19/h3-13,15H,14H2,1-2H3,(H,25,28). The highest BCUT2D eigenvalue weighted by molar-refractivity contribution is 5.92. The number of carbonyl (C=O) groups is 1. The van der Waals surface area contributed by atoms with Crippen LogP contribution in [0.15, 0.2) is 77.2 Å². The Hall–Kier alpha value is -3.73. The van der Waals surface area contributed by atoms with Gasteiger partial charge in [-0.1, -0.05) is 53.6 Å². The van der Waals surface area contributed by atoms with Crippen LogP contribution in [0.1, 0.15) is 16.7 Å². The van der Waals surface area contributed by atoms with Crippen LogP contribution >= 0.6 is 0 Å². The van der Waals surface area contributed by atoms with E-state index in [0.717, 1.165) is 16.7 Å². The average Bonchev–Trinajstić information content (AvgIpc) is 3.21. The predicted octanol–water partition coefficient (Wildman–Crippen LogP) is 5.20. The van der Waals surface area contributed by atoms with Gasteiger partial charge in [0.2, 0.25) is 17.7 Å². The molecule has 0 aliphatic rings. The number of anilines is 1. The Kier molecular flexibility index (Phi) is 5.20. The second-order valence-corrected chi connectivity index (χ2v) is 7.07. The van der Waals surface area contributed by atoms with Crippen LogP contribution in [0.3, 0.4) is 0 Å². The first kappa shape index (κ1) is 18.6. The van der Waals surface area contributed by atoms with E-state index in [1.54, 1.807) is 0 Å². The van der Waals surface area contributed by atoms with Crippen molar-refractivity contribution in [2.24, 2.45) is 0 Å². The number of benzene rings is 3. The first-order valence-electron chi connectivity index (χ1n) is 9.43. The normalized spacial score (nSPS) is 10.7. The van der Waals surface area contributed by atoms with Crippen molar-refractivity contribution >= 4 is 11.6 Å². The molecular weight excluding hydrogens is 362 g/mol. The summed E-state index contributed by atoms with van der Waals surface area (Å²) in [6.45, 7) is 4.05. The van der Waals surface area contributed by atoms with Crippen molar-refractivity contribution < 1.29 is 9.21 Å². The van der Waals surface area contributed by atoms with E-state index >= 15 is 0 Å². The molecule has 1 aromatic heterocycles. The van der Waals surface area contributed by atoms with Gasteiger partial charge in [-0.2, -0.15) is 0 Å². The maximum absolute atomic E-state index is 12.4.